The zero-order valence-electron chi connectivity index (χ0n) is 16.7. The van der Waals surface area contributed by atoms with Gasteiger partial charge in [-0.05, 0) is 74.4 Å². The standard InChI is InChI=1S/C23H23N3O3/c1-4-29-23(28)17-8-10-18(11-9-17)26-22(27)21-14-19(12-13-24-21)25-20-7-5-6-15(2)16(20)3/h5-14H,4H2,1-3H3,(H,24,25)(H,26,27). The second-order valence-electron chi connectivity index (χ2n) is 6.55. The summed E-state index contributed by atoms with van der Waals surface area (Å²) in [4.78, 5) is 28.4. The summed E-state index contributed by atoms with van der Waals surface area (Å²) < 4.78 is 4.95. The number of rotatable bonds is 6. The second kappa shape index (κ2) is 9.01. The Hall–Kier alpha value is -3.67. The van der Waals surface area contributed by atoms with Gasteiger partial charge in [-0.2, -0.15) is 0 Å². The van der Waals surface area contributed by atoms with Crippen LogP contribution >= 0.6 is 0 Å². The molecule has 2 aromatic carbocycles. The fraction of sp³-hybridized carbons (Fsp3) is 0.174. The smallest absolute Gasteiger partial charge is 0.338 e. The predicted molar refractivity (Wildman–Crippen MR) is 114 cm³/mol. The highest BCUT2D eigenvalue weighted by Gasteiger charge is 2.11. The molecular weight excluding hydrogens is 366 g/mol. The van der Waals surface area contributed by atoms with Gasteiger partial charge in [0.15, 0.2) is 0 Å². The summed E-state index contributed by atoms with van der Waals surface area (Å²) >= 11 is 0. The van der Waals surface area contributed by atoms with Gasteiger partial charge in [0.05, 0.1) is 12.2 Å². The molecule has 0 unspecified atom stereocenters. The number of esters is 1. The maximum atomic E-state index is 12.6. The van der Waals surface area contributed by atoms with Gasteiger partial charge in [0.1, 0.15) is 5.69 Å². The fourth-order valence-corrected chi connectivity index (χ4v) is 2.77. The summed E-state index contributed by atoms with van der Waals surface area (Å²) in [5.74, 6) is -0.726. The van der Waals surface area contributed by atoms with Gasteiger partial charge in [-0.15, -0.1) is 0 Å². The molecule has 0 aliphatic heterocycles. The third kappa shape index (κ3) is 4.99. The molecule has 148 valence electrons. The Bertz CT molecular complexity index is 1030. The first kappa shape index (κ1) is 20.1. The number of carbonyl (C=O) groups is 2. The quantitative estimate of drug-likeness (QED) is 0.588. The van der Waals surface area contributed by atoms with Crippen molar-refractivity contribution in [3.05, 3.63) is 83.2 Å². The van der Waals surface area contributed by atoms with Crippen LogP contribution in [0.1, 0.15) is 38.9 Å². The van der Waals surface area contributed by atoms with Crippen LogP contribution in [0.2, 0.25) is 0 Å². The van der Waals surface area contributed by atoms with E-state index in [1.165, 1.54) is 5.56 Å². The van der Waals surface area contributed by atoms with E-state index in [1.54, 1.807) is 43.5 Å². The van der Waals surface area contributed by atoms with Crippen LogP contribution < -0.4 is 10.6 Å². The molecule has 0 saturated carbocycles. The second-order valence-corrected chi connectivity index (χ2v) is 6.55. The molecule has 0 aliphatic carbocycles. The monoisotopic (exact) mass is 389 g/mol. The van der Waals surface area contributed by atoms with Gasteiger partial charge in [0.25, 0.3) is 5.91 Å². The summed E-state index contributed by atoms with van der Waals surface area (Å²) in [6, 6.07) is 16.1. The Balaban J connectivity index is 1.71. The molecule has 3 rings (SSSR count). The van der Waals surface area contributed by atoms with Gasteiger partial charge in [-0.1, -0.05) is 12.1 Å². The molecule has 0 saturated heterocycles. The van der Waals surface area contributed by atoms with E-state index in [1.807, 2.05) is 25.1 Å². The predicted octanol–water partition coefficient (Wildman–Crippen LogP) is 4.87. The van der Waals surface area contributed by atoms with Crippen molar-refractivity contribution in [2.75, 3.05) is 17.2 Å². The van der Waals surface area contributed by atoms with Gasteiger partial charge in [-0.3, -0.25) is 9.78 Å². The molecule has 0 spiro atoms. The van der Waals surface area contributed by atoms with Gasteiger partial charge < -0.3 is 15.4 Å². The molecule has 0 aliphatic rings. The first-order valence-corrected chi connectivity index (χ1v) is 9.35. The molecule has 1 amide bonds. The van der Waals surface area contributed by atoms with E-state index in [-0.39, 0.29) is 11.6 Å². The molecule has 29 heavy (non-hydrogen) atoms. The molecule has 2 N–H and O–H groups in total. The number of nitrogens with one attached hydrogen (secondary N) is 2. The molecule has 6 heteroatoms. The molecule has 0 atom stereocenters. The van der Waals surface area contributed by atoms with Crippen molar-refractivity contribution in [3.63, 3.8) is 0 Å². The Morgan fingerprint density at radius 3 is 2.48 bits per heavy atom. The van der Waals surface area contributed by atoms with Crippen LogP contribution in [0.15, 0.2) is 60.8 Å². The summed E-state index contributed by atoms with van der Waals surface area (Å²) in [5.41, 5.74) is 5.38. The Labute approximate surface area is 169 Å². The summed E-state index contributed by atoms with van der Waals surface area (Å²) in [6.07, 6.45) is 1.59. The first-order valence-electron chi connectivity index (χ1n) is 9.35. The third-order valence-electron chi connectivity index (χ3n) is 4.53. The number of aryl methyl sites for hydroxylation is 1. The Morgan fingerprint density at radius 2 is 1.76 bits per heavy atom. The lowest BCUT2D eigenvalue weighted by molar-refractivity contribution is 0.0526. The average Bonchev–Trinajstić information content (AvgIpc) is 2.72. The summed E-state index contributed by atoms with van der Waals surface area (Å²) in [5, 5.41) is 6.12. The van der Waals surface area contributed by atoms with Crippen LogP contribution in [0.3, 0.4) is 0 Å². The minimum absolute atomic E-state index is 0.287. The van der Waals surface area contributed by atoms with Crippen LogP contribution in [0.5, 0.6) is 0 Å². The maximum absolute atomic E-state index is 12.6. The van der Waals surface area contributed by atoms with Crippen LogP contribution in [0.4, 0.5) is 17.1 Å². The number of ether oxygens (including phenoxy) is 1. The van der Waals surface area contributed by atoms with Crippen molar-refractivity contribution >= 4 is 28.9 Å². The maximum Gasteiger partial charge on any atom is 0.338 e. The van der Waals surface area contributed by atoms with Crippen molar-refractivity contribution in [2.45, 2.75) is 20.8 Å². The zero-order chi connectivity index (χ0) is 20.8. The number of carbonyl (C=O) groups excluding carboxylic acids is 2. The van der Waals surface area contributed by atoms with E-state index in [4.69, 9.17) is 4.74 Å². The van der Waals surface area contributed by atoms with Crippen molar-refractivity contribution in [2.24, 2.45) is 0 Å². The lowest BCUT2D eigenvalue weighted by atomic mass is 10.1. The molecular formula is C23H23N3O3. The average molecular weight is 389 g/mol. The highest BCUT2D eigenvalue weighted by atomic mass is 16.5. The van der Waals surface area contributed by atoms with E-state index >= 15 is 0 Å². The van der Waals surface area contributed by atoms with E-state index in [2.05, 4.69) is 28.6 Å². The minimum Gasteiger partial charge on any atom is -0.462 e. The highest BCUT2D eigenvalue weighted by Crippen LogP contribution is 2.23. The van der Waals surface area contributed by atoms with Gasteiger partial charge in [0.2, 0.25) is 0 Å². The number of hydrogen-bond acceptors (Lipinski definition) is 5. The first-order chi connectivity index (χ1) is 14.0. The van der Waals surface area contributed by atoms with Gasteiger partial charge >= 0.3 is 5.97 Å². The summed E-state index contributed by atoms with van der Waals surface area (Å²) in [7, 11) is 0. The lowest BCUT2D eigenvalue weighted by Crippen LogP contribution is -2.14. The van der Waals surface area contributed by atoms with Crippen LogP contribution in [-0.4, -0.2) is 23.5 Å². The van der Waals surface area contributed by atoms with Crippen LogP contribution in [0, 0.1) is 13.8 Å². The van der Waals surface area contributed by atoms with Crippen molar-refractivity contribution in [3.8, 4) is 0 Å². The molecule has 1 heterocycles. The topological polar surface area (TPSA) is 80.3 Å². The molecule has 0 bridgehead atoms. The van der Waals surface area contributed by atoms with Crippen LogP contribution in [0.25, 0.3) is 0 Å². The van der Waals surface area contributed by atoms with Crippen molar-refractivity contribution < 1.29 is 14.3 Å². The number of anilines is 3. The third-order valence-corrected chi connectivity index (χ3v) is 4.53. The Kier molecular flexibility index (Phi) is 6.24. The van der Waals surface area contributed by atoms with Crippen LogP contribution in [-0.2, 0) is 4.74 Å². The number of hydrogen-bond donors (Lipinski definition) is 2. The number of amides is 1. The van der Waals surface area contributed by atoms with Crippen molar-refractivity contribution in [1.82, 2.24) is 4.98 Å². The molecule has 3 aromatic rings. The number of nitrogens with zero attached hydrogens (tertiary/aromatic N) is 1. The lowest BCUT2D eigenvalue weighted by Gasteiger charge is -2.12. The van der Waals surface area contributed by atoms with E-state index in [0.717, 1.165) is 16.9 Å². The SMILES string of the molecule is CCOC(=O)c1ccc(NC(=O)c2cc(Nc3cccc(C)c3C)ccn2)cc1. The van der Waals surface area contributed by atoms with Gasteiger partial charge in [0, 0.05) is 23.3 Å². The van der Waals surface area contributed by atoms with Crippen molar-refractivity contribution in [1.29, 1.82) is 0 Å². The number of pyridine rings is 1. The molecule has 1 aromatic heterocycles. The number of benzene rings is 2. The number of aromatic nitrogens is 1. The summed E-state index contributed by atoms with van der Waals surface area (Å²) in [6.45, 7) is 6.17. The van der Waals surface area contributed by atoms with E-state index < -0.39 is 5.97 Å². The molecule has 0 radical (unpaired) electrons. The zero-order valence-corrected chi connectivity index (χ0v) is 16.7. The largest absolute Gasteiger partial charge is 0.462 e. The van der Waals surface area contributed by atoms with E-state index in [0.29, 0.717) is 17.9 Å². The van der Waals surface area contributed by atoms with E-state index in [9.17, 15) is 9.59 Å². The highest BCUT2D eigenvalue weighted by molar-refractivity contribution is 6.03. The minimum atomic E-state index is -0.391. The molecule has 0 fully saturated rings. The fourth-order valence-electron chi connectivity index (χ4n) is 2.77. The van der Waals surface area contributed by atoms with Gasteiger partial charge in [-0.25, -0.2) is 4.79 Å². The molecule has 6 nitrogen and oxygen atoms in total. The Morgan fingerprint density at radius 1 is 1.00 bits per heavy atom. The normalized spacial score (nSPS) is 10.3.